The van der Waals surface area contributed by atoms with Crippen LogP contribution in [0.25, 0.3) is 0 Å². The van der Waals surface area contributed by atoms with E-state index in [1.165, 1.54) is 0 Å². The van der Waals surface area contributed by atoms with Crippen molar-refractivity contribution in [3.63, 3.8) is 0 Å². The summed E-state index contributed by atoms with van der Waals surface area (Å²) in [6, 6.07) is 7.05. The molecule has 0 saturated heterocycles. The van der Waals surface area contributed by atoms with Crippen LogP contribution in [0.4, 0.5) is 0 Å². The van der Waals surface area contributed by atoms with Crippen molar-refractivity contribution in [3.05, 3.63) is 29.8 Å². The Morgan fingerprint density at radius 1 is 1.26 bits per heavy atom. The SMILES string of the molecule is CC(C)[C@@H](C)CC(=O)N(C)[C@@H](C)c1cccc(O)c1. The molecule has 106 valence electrons. The van der Waals surface area contributed by atoms with E-state index in [2.05, 4.69) is 20.8 Å². The van der Waals surface area contributed by atoms with Crippen LogP contribution in [0.15, 0.2) is 24.3 Å². The van der Waals surface area contributed by atoms with Crippen molar-refractivity contribution in [2.75, 3.05) is 7.05 Å². The molecule has 0 heterocycles. The normalized spacial score (nSPS) is 14.2. The first kappa shape index (κ1) is 15.5. The molecule has 1 rings (SSSR count). The molecule has 2 atom stereocenters. The van der Waals surface area contributed by atoms with Gasteiger partial charge in [0.2, 0.25) is 5.91 Å². The van der Waals surface area contributed by atoms with E-state index in [0.29, 0.717) is 18.3 Å². The maximum atomic E-state index is 12.2. The van der Waals surface area contributed by atoms with Gasteiger partial charge in [-0.3, -0.25) is 4.79 Å². The van der Waals surface area contributed by atoms with Gasteiger partial charge in [0, 0.05) is 13.5 Å². The lowest BCUT2D eigenvalue weighted by atomic mass is 9.94. The molecule has 0 fully saturated rings. The fourth-order valence-electron chi connectivity index (χ4n) is 1.88. The average Bonchev–Trinajstić information content (AvgIpc) is 2.36. The lowest BCUT2D eigenvalue weighted by Gasteiger charge is -2.27. The maximum absolute atomic E-state index is 12.2. The molecular weight excluding hydrogens is 238 g/mol. The van der Waals surface area contributed by atoms with Gasteiger partial charge in [-0.15, -0.1) is 0 Å². The van der Waals surface area contributed by atoms with Gasteiger partial charge in [-0.25, -0.2) is 0 Å². The molecule has 1 aromatic rings. The van der Waals surface area contributed by atoms with Crippen LogP contribution in [-0.4, -0.2) is 23.0 Å². The number of amides is 1. The Bertz CT molecular complexity index is 429. The molecule has 1 amide bonds. The fourth-order valence-corrected chi connectivity index (χ4v) is 1.88. The molecule has 0 saturated carbocycles. The van der Waals surface area contributed by atoms with Crippen LogP contribution in [0.2, 0.25) is 0 Å². The zero-order valence-electron chi connectivity index (χ0n) is 12.6. The van der Waals surface area contributed by atoms with Gasteiger partial charge in [-0.1, -0.05) is 32.9 Å². The fraction of sp³-hybridized carbons (Fsp3) is 0.562. The van der Waals surface area contributed by atoms with Gasteiger partial charge >= 0.3 is 0 Å². The van der Waals surface area contributed by atoms with Crippen molar-refractivity contribution < 1.29 is 9.90 Å². The third kappa shape index (κ3) is 4.27. The first-order chi connectivity index (χ1) is 8.82. The molecule has 0 aliphatic rings. The van der Waals surface area contributed by atoms with E-state index in [1.807, 2.05) is 20.0 Å². The number of phenolic OH excluding ortho intramolecular Hbond substituents is 1. The highest BCUT2D eigenvalue weighted by atomic mass is 16.3. The van der Waals surface area contributed by atoms with E-state index in [0.717, 1.165) is 5.56 Å². The number of carbonyl (C=O) groups is 1. The summed E-state index contributed by atoms with van der Waals surface area (Å²) in [5.74, 6) is 1.28. The lowest BCUT2D eigenvalue weighted by Crippen LogP contribution is -2.31. The zero-order valence-corrected chi connectivity index (χ0v) is 12.6. The number of hydrogen-bond donors (Lipinski definition) is 1. The molecule has 19 heavy (non-hydrogen) atoms. The van der Waals surface area contributed by atoms with E-state index < -0.39 is 0 Å². The quantitative estimate of drug-likeness (QED) is 0.882. The van der Waals surface area contributed by atoms with Gasteiger partial charge in [0.25, 0.3) is 0 Å². The summed E-state index contributed by atoms with van der Waals surface area (Å²) in [4.78, 5) is 14.0. The second kappa shape index (κ2) is 6.60. The third-order valence-electron chi connectivity index (χ3n) is 3.96. The Balaban J connectivity index is 2.71. The summed E-state index contributed by atoms with van der Waals surface area (Å²) in [5, 5.41) is 9.50. The molecule has 0 aliphatic heterocycles. The topological polar surface area (TPSA) is 40.5 Å². The van der Waals surface area contributed by atoms with Gasteiger partial charge in [0.05, 0.1) is 6.04 Å². The Labute approximate surface area is 116 Å². The van der Waals surface area contributed by atoms with Gasteiger partial charge in [0.15, 0.2) is 0 Å². The molecular formula is C16H25NO2. The maximum Gasteiger partial charge on any atom is 0.223 e. The van der Waals surface area contributed by atoms with Crippen molar-refractivity contribution in [2.24, 2.45) is 11.8 Å². The summed E-state index contributed by atoms with van der Waals surface area (Å²) in [6.07, 6.45) is 0.567. The Hall–Kier alpha value is -1.51. The number of carbonyl (C=O) groups excluding carboxylic acids is 1. The number of benzene rings is 1. The van der Waals surface area contributed by atoms with Crippen LogP contribution in [0.1, 0.15) is 45.7 Å². The van der Waals surface area contributed by atoms with Gasteiger partial charge in [0.1, 0.15) is 5.75 Å². The summed E-state index contributed by atoms with van der Waals surface area (Å²) in [5.41, 5.74) is 0.952. The molecule has 0 spiro atoms. The highest BCUT2D eigenvalue weighted by Gasteiger charge is 2.20. The van der Waals surface area contributed by atoms with Crippen LogP contribution in [0.5, 0.6) is 5.75 Å². The van der Waals surface area contributed by atoms with Crippen LogP contribution in [0, 0.1) is 11.8 Å². The number of hydrogen-bond acceptors (Lipinski definition) is 2. The Morgan fingerprint density at radius 2 is 1.89 bits per heavy atom. The molecule has 3 nitrogen and oxygen atoms in total. The summed E-state index contributed by atoms with van der Waals surface area (Å²) >= 11 is 0. The lowest BCUT2D eigenvalue weighted by molar-refractivity contribution is -0.133. The van der Waals surface area contributed by atoms with Crippen LogP contribution in [0.3, 0.4) is 0 Å². The number of phenols is 1. The minimum atomic E-state index is -0.0287. The van der Waals surface area contributed by atoms with Crippen molar-refractivity contribution in [1.82, 2.24) is 4.90 Å². The van der Waals surface area contributed by atoms with E-state index >= 15 is 0 Å². The minimum Gasteiger partial charge on any atom is -0.508 e. The van der Waals surface area contributed by atoms with Crippen molar-refractivity contribution in [3.8, 4) is 5.75 Å². The molecule has 0 aromatic heterocycles. The molecule has 3 heteroatoms. The van der Waals surface area contributed by atoms with Crippen LogP contribution in [-0.2, 0) is 4.79 Å². The molecule has 0 bridgehead atoms. The molecule has 0 aliphatic carbocycles. The summed E-state index contributed by atoms with van der Waals surface area (Å²) in [6.45, 7) is 8.36. The predicted octanol–water partition coefficient (Wildman–Crippen LogP) is 3.59. The highest BCUT2D eigenvalue weighted by Crippen LogP contribution is 2.24. The highest BCUT2D eigenvalue weighted by molar-refractivity contribution is 5.76. The number of rotatable bonds is 5. The summed E-state index contributed by atoms with van der Waals surface area (Å²) < 4.78 is 0. The second-order valence-corrected chi connectivity index (χ2v) is 5.70. The number of aromatic hydroxyl groups is 1. The van der Waals surface area contributed by atoms with Crippen molar-refractivity contribution in [2.45, 2.75) is 40.2 Å². The largest absolute Gasteiger partial charge is 0.508 e. The number of nitrogens with zero attached hydrogens (tertiary/aromatic N) is 1. The van der Waals surface area contributed by atoms with Gasteiger partial charge < -0.3 is 10.0 Å². The van der Waals surface area contributed by atoms with E-state index in [9.17, 15) is 9.90 Å². The Kier molecular flexibility index (Phi) is 5.40. The standard InChI is InChI=1S/C16H25NO2/c1-11(2)12(3)9-16(19)17(5)13(4)14-7-6-8-15(18)10-14/h6-8,10-13,18H,9H2,1-5H3/t12-,13-/m0/s1. The van der Waals surface area contributed by atoms with Gasteiger partial charge in [-0.2, -0.15) is 0 Å². The minimum absolute atomic E-state index is 0.0287. The summed E-state index contributed by atoms with van der Waals surface area (Å²) in [7, 11) is 1.82. The predicted molar refractivity (Wildman–Crippen MR) is 77.9 cm³/mol. The third-order valence-corrected chi connectivity index (χ3v) is 3.96. The Morgan fingerprint density at radius 3 is 2.42 bits per heavy atom. The van der Waals surface area contributed by atoms with E-state index in [4.69, 9.17) is 0 Å². The van der Waals surface area contributed by atoms with Gasteiger partial charge in [-0.05, 0) is 36.5 Å². The van der Waals surface area contributed by atoms with Crippen LogP contribution >= 0.6 is 0 Å². The molecule has 1 N–H and O–H groups in total. The second-order valence-electron chi connectivity index (χ2n) is 5.70. The zero-order chi connectivity index (χ0) is 14.6. The monoisotopic (exact) mass is 263 g/mol. The average molecular weight is 263 g/mol. The van der Waals surface area contributed by atoms with E-state index in [1.54, 1.807) is 23.1 Å². The first-order valence-corrected chi connectivity index (χ1v) is 6.87. The molecule has 1 aromatic carbocycles. The van der Waals surface area contributed by atoms with Crippen molar-refractivity contribution in [1.29, 1.82) is 0 Å². The first-order valence-electron chi connectivity index (χ1n) is 6.87. The molecule has 0 unspecified atom stereocenters. The van der Waals surface area contributed by atoms with Crippen molar-refractivity contribution >= 4 is 5.91 Å². The van der Waals surface area contributed by atoms with Crippen LogP contribution < -0.4 is 0 Å². The molecule has 0 radical (unpaired) electrons. The van der Waals surface area contributed by atoms with E-state index in [-0.39, 0.29) is 17.7 Å². The smallest absolute Gasteiger partial charge is 0.223 e.